The van der Waals surface area contributed by atoms with Crippen LogP contribution < -0.4 is 0 Å². The molecule has 0 saturated heterocycles. The van der Waals surface area contributed by atoms with Crippen LogP contribution in [-0.4, -0.2) is 0 Å². The van der Waals surface area contributed by atoms with Crippen LogP contribution in [0.15, 0.2) is 0 Å². The van der Waals surface area contributed by atoms with Crippen LogP contribution in [0.25, 0.3) is 0 Å². The zero-order valence-corrected chi connectivity index (χ0v) is 10.7. The maximum absolute atomic E-state index is 2.40. The summed E-state index contributed by atoms with van der Waals surface area (Å²) >= 11 is 0. The van der Waals surface area contributed by atoms with Crippen LogP contribution in [0, 0.1) is 23.7 Å². The van der Waals surface area contributed by atoms with Crippen molar-refractivity contribution in [3.05, 3.63) is 0 Å². The summed E-state index contributed by atoms with van der Waals surface area (Å²) in [4.78, 5) is 0. The maximum atomic E-state index is 2.40. The Bertz CT molecular complexity index is 184. The second-order valence-corrected chi connectivity index (χ2v) is 6.05. The van der Waals surface area contributed by atoms with E-state index in [-0.39, 0.29) is 0 Å². The first kappa shape index (κ1) is 11.5. The van der Waals surface area contributed by atoms with Gasteiger partial charge in [-0.05, 0) is 36.5 Å². The van der Waals surface area contributed by atoms with Crippen molar-refractivity contribution >= 4 is 0 Å². The molecule has 15 heavy (non-hydrogen) atoms. The molecule has 0 N–H and O–H groups in total. The van der Waals surface area contributed by atoms with E-state index in [1.807, 2.05) is 0 Å². The van der Waals surface area contributed by atoms with E-state index in [0.29, 0.717) is 0 Å². The van der Waals surface area contributed by atoms with Crippen LogP contribution >= 0.6 is 0 Å². The van der Waals surface area contributed by atoms with E-state index in [9.17, 15) is 0 Å². The molecule has 0 heterocycles. The third kappa shape index (κ3) is 2.77. The van der Waals surface area contributed by atoms with Gasteiger partial charge in [-0.3, -0.25) is 0 Å². The van der Waals surface area contributed by atoms with Crippen molar-refractivity contribution in [3.63, 3.8) is 0 Å². The van der Waals surface area contributed by atoms with Crippen LogP contribution in [0.3, 0.4) is 0 Å². The van der Waals surface area contributed by atoms with Gasteiger partial charge < -0.3 is 0 Å². The van der Waals surface area contributed by atoms with E-state index >= 15 is 0 Å². The summed E-state index contributed by atoms with van der Waals surface area (Å²) < 4.78 is 0. The first-order chi connectivity index (χ1) is 7.33. The van der Waals surface area contributed by atoms with E-state index in [1.54, 1.807) is 25.7 Å². The Kier molecular flexibility index (Phi) is 4.11. The molecule has 2 aliphatic rings. The van der Waals surface area contributed by atoms with Crippen LogP contribution in [0.1, 0.15) is 71.6 Å². The van der Waals surface area contributed by atoms with Gasteiger partial charge in [0, 0.05) is 0 Å². The smallest absolute Gasteiger partial charge is 0.0383 e. The lowest BCUT2D eigenvalue weighted by Crippen LogP contribution is -2.11. The largest absolute Gasteiger partial charge is 0.0651 e. The highest BCUT2D eigenvalue weighted by atomic mass is 14.4. The second kappa shape index (κ2) is 5.37. The number of hydrogen-bond donors (Lipinski definition) is 0. The summed E-state index contributed by atoms with van der Waals surface area (Å²) in [6, 6.07) is 0. The van der Waals surface area contributed by atoms with Crippen molar-refractivity contribution in [2.45, 2.75) is 71.6 Å². The third-order valence-electron chi connectivity index (χ3n) is 5.20. The van der Waals surface area contributed by atoms with E-state index in [4.69, 9.17) is 0 Å². The molecule has 4 atom stereocenters. The molecule has 0 amide bonds. The highest BCUT2D eigenvalue weighted by Gasteiger charge is 2.31. The Morgan fingerprint density at radius 2 is 1.53 bits per heavy atom. The second-order valence-electron chi connectivity index (χ2n) is 6.05. The summed E-state index contributed by atoms with van der Waals surface area (Å²) in [6.07, 6.45) is 13.7. The van der Waals surface area contributed by atoms with Crippen LogP contribution in [0.4, 0.5) is 0 Å². The topological polar surface area (TPSA) is 0 Å². The zero-order valence-electron chi connectivity index (χ0n) is 10.7. The van der Waals surface area contributed by atoms with Crippen molar-refractivity contribution in [2.24, 2.45) is 23.7 Å². The minimum absolute atomic E-state index is 1.08. The van der Waals surface area contributed by atoms with E-state index in [1.165, 1.54) is 32.1 Å². The van der Waals surface area contributed by atoms with Crippen LogP contribution in [0.5, 0.6) is 0 Å². The van der Waals surface area contributed by atoms with Gasteiger partial charge in [0.25, 0.3) is 0 Å². The highest BCUT2D eigenvalue weighted by Crippen LogP contribution is 2.43. The molecule has 0 aromatic carbocycles. The lowest BCUT2D eigenvalue weighted by molar-refractivity contribution is 0.293. The van der Waals surface area contributed by atoms with Crippen molar-refractivity contribution in [3.8, 4) is 0 Å². The summed E-state index contributed by atoms with van der Waals surface area (Å²) in [6.45, 7) is 4.77. The van der Waals surface area contributed by atoms with Gasteiger partial charge >= 0.3 is 0 Å². The van der Waals surface area contributed by atoms with Gasteiger partial charge in [0.15, 0.2) is 0 Å². The maximum Gasteiger partial charge on any atom is -0.0383 e. The van der Waals surface area contributed by atoms with Gasteiger partial charge in [-0.1, -0.05) is 58.8 Å². The van der Waals surface area contributed by atoms with Crippen molar-refractivity contribution in [2.75, 3.05) is 0 Å². The first-order valence-electron chi connectivity index (χ1n) is 7.33. The fourth-order valence-corrected chi connectivity index (χ4v) is 4.15. The quantitative estimate of drug-likeness (QED) is 0.608. The molecule has 2 aliphatic carbocycles. The summed E-state index contributed by atoms with van der Waals surface area (Å²) in [7, 11) is 0. The Morgan fingerprint density at radius 3 is 2.20 bits per heavy atom. The molecule has 2 rings (SSSR count). The number of rotatable bonds is 4. The molecule has 2 fully saturated rings. The zero-order chi connectivity index (χ0) is 10.7. The molecule has 0 heteroatoms. The predicted molar refractivity (Wildman–Crippen MR) is 66.9 cm³/mol. The molecular weight excluding hydrogens is 180 g/mol. The Balaban J connectivity index is 1.77. The van der Waals surface area contributed by atoms with Gasteiger partial charge in [0.05, 0.1) is 0 Å². The predicted octanol–water partition coefficient (Wildman–Crippen LogP) is 5.03. The lowest BCUT2D eigenvalue weighted by atomic mass is 9.84. The van der Waals surface area contributed by atoms with E-state index in [0.717, 1.165) is 23.7 Å². The van der Waals surface area contributed by atoms with Gasteiger partial charge in [0.1, 0.15) is 0 Å². The summed E-state index contributed by atoms with van der Waals surface area (Å²) in [5, 5.41) is 0. The van der Waals surface area contributed by atoms with Crippen molar-refractivity contribution < 1.29 is 0 Å². The van der Waals surface area contributed by atoms with Crippen molar-refractivity contribution in [1.29, 1.82) is 0 Å². The fourth-order valence-electron chi connectivity index (χ4n) is 4.15. The third-order valence-corrected chi connectivity index (χ3v) is 5.20. The van der Waals surface area contributed by atoms with Gasteiger partial charge in [-0.2, -0.15) is 0 Å². The molecule has 4 unspecified atom stereocenters. The van der Waals surface area contributed by atoms with Gasteiger partial charge in [-0.15, -0.1) is 0 Å². The average molecular weight is 208 g/mol. The fraction of sp³-hybridized carbons (Fsp3) is 1.00. The molecular formula is C15H28. The molecule has 2 saturated carbocycles. The standard InChI is InChI=1S/C15H28/c1-3-12-8-9-13(10-12)11-15-7-5-6-14(15)4-2/h12-15H,3-11H2,1-2H3. The molecule has 0 aromatic heterocycles. The monoisotopic (exact) mass is 208 g/mol. The molecule has 88 valence electrons. The van der Waals surface area contributed by atoms with Crippen LogP contribution in [0.2, 0.25) is 0 Å². The van der Waals surface area contributed by atoms with Crippen LogP contribution in [-0.2, 0) is 0 Å². The molecule has 0 nitrogen and oxygen atoms in total. The highest BCUT2D eigenvalue weighted by molar-refractivity contribution is 4.82. The molecule has 0 aliphatic heterocycles. The summed E-state index contributed by atoms with van der Waals surface area (Å²) in [5.41, 5.74) is 0. The van der Waals surface area contributed by atoms with E-state index in [2.05, 4.69) is 13.8 Å². The van der Waals surface area contributed by atoms with Gasteiger partial charge in [-0.25, -0.2) is 0 Å². The van der Waals surface area contributed by atoms with Gasteiger partial charge in [0.2, 0.25) is 0 Å². The SMILES string of the molecule is CCC1CCC(CC2CCCC2CC)C1. The molecule has 0 radical (unpaired) electrons. The number of hydrogen-bond acceptors (Lipinski definition) is 0. The van der Waals surface area contributed by atoms with Crippen molar-refractivity contribution in [1.82, 2.24) is 0 Å². The Labute approximate surface area is 95.8 Å². The average Bonchev–Trinajstić information content (AvgIpc) is 2.87. The molecule has 0 bridgehead atoms. The Hall–Kier alpha value is 0. The molecule has 0 aromatic rings. The molecule has 0 spiro atoms. The first-order valence-corrected chi connectivity index (χ1v) is 7.33. The Morgan fingerprint density at radius 1 is 0.800 bits per heavy atom. The minimum atomic E-state index is 1.08. The van der Waals surface area contributed by atoms with E-state index < -0.39 is 0 Å². The normalized spacial score (nSPS) is 41.2. The summed E-state index contributed by atoms with van der Waals surface area (Å²) in [5.74, 6) is 4.38. The minimum Gasteiger partial charge on any atom is -0.0651 e. The lowest BCUT2D eigenvalue weighted by Gasteiger charge is -2.21.